The van der Waals surface area contributed by atoms with Crippen molar-refractivity contribution in [3.63, 3.8) is 0 Å². The van der Waals surface area contributed by atoms with Crippen molar-refractivity contribution in [2.75, 3.05) is 6.61 Å². The van der Waals surface area contributed by atoms with Crippen LogP contribution in [0.1, 0.15) is 51.2 Å². The number of carbonyl (C=O) groups excluding carboxylic acids is 2. The summed E-state index contributed by atoms with van der Waals surface area (Å²) in [6.07, 6.45) is 1.43. The molecule has 0 aromatic heterocycles. The number of amides is 2. The lowest BCUT2D eigenvalue weighted by Gasteiger charge is -2.31. The maximum Gasteiger partial charge on any atom is 0.243 e. The van der Waals surface area contributed by atoms with Gasteiger partial charge in [0.2, 0.25) is 11.8 Å². The summed E-state index contributed by atoms with van der Waals surface area (Å²) in [7, 11) is 0. The highest BCUT2D eigenvalue weighted by Gasteiger charge is 2.28. The molecule has 0 aliphatic rings. The zero-order chi connectivity index (χ0) is 22.8. The number of nitrogens with zero attached hydrogens (tertiary/aromatic N) is 1. The van der Waals surface area contributed by atoms with Crippen LogP contribution >= 0.6 is 11.6 Å². The Morgan fingerprint density at radius 1 is 1.06 bits per heavy atom. The molecule has 0 aliphatic carbocycles. The van der Waals surface area contributed by atoms with Crippen LogP contribution in [0.25, 0.3) is 0 Å². The molecule has 6 heteroatoms. The van der Waals surface area contributed by atoms with E-state index in [0.717, 1.165) is 11.3 Å². The van der Waals surface area contributed by atoms with Gasteiger partial charge < -0.3 is 15.0 Å². The molecule has 1 atom stereocenters. The number of hydrogen-bond acceptors (Lipinski definition) is 3. The lowest BCUT2D eigenvalue weighted by molar-refractivity contribution is -0.141. The second kappa shape index (κ2) is 12.4. The molecule has 168 valence electrons. The number of nitrogens with one attached hydrogen (secondary N) is 1. The molecule has 5 nitrogen and oxygen atoms in total. The fourth-order valence-corrected chi connectivity index (χ4v) is 3.40. The van der Waals surface area contributed by atoms with Gasteiger partial charge in [-0.15, -0.1) is 0 Å². The van der Waals surface area contributed by atoms with Crippen LogP contribution in [0.4, 0.5) is 0 Å². The minimum absolute atomic E-state index is 0.0111. The third kappa shape index (κ3) is 8.25. The average Bonchev–Trinajstić information content (AvgIpc) is 2.73. The van der Waals surface area contributed by atoms with Crippen molar-refractivity contribution in [2.24, 2.45) is 0 Å². The van der Waals surface area contributed by atoms with Crippen LogP contribution in [-0.2, 0) is 16.1 Å². The lowest BCUT2D eigenvalue weighted by Crippen LogP contribution is -2.50. The highest BCUT2D eigenvalue weighted by Crippen LogP contribution is 2.17. The van der Waals surface area contributed by atoms with Gasteiger partial charge in [0.05, 0.1) is 6.61 Å². The molecule has 31 heavy (non-hydrogen) atoms. The van der Waals surface area contributed by atoms with E-state index in [0.29, 0.717) is 37.4 Å². The van der Waals surface area contributed by atoms with Gasteiger partial charge in [-0.3, -0.25) is 9.59 Å². The Morgan fingerprint density at radius 3 is 2.29 bits per heavy atom. The quantitative estimate of drug-likeness (QED) is 0.488. The van der Waals surface area contributed by atoms with Gasteiger partial charge in [-0.2, -0.15) is 0 Å². The van der Waals surface area contributed by atoms with E-state index in [1.807, 2.05) is 64.1 Å². The summed E-state index contributed by atoms with van der Waals surface area (Å²) in [5.41, 5.74) is 2.11. The molecule has 0 aliphatic heterocycles. The van der Waals surface area contributed by atoms with E-state index in [1.165, 1.54) is 5.56 Å². The summed E-state index contributed by atoms with van der Waals surface area (Å²) in [6.45, 7) is 8.58. The first-order valence-corrected chi connectivity index (χ1v) is 11.2. The summed E-state index contributed by atoms with van der Waals surface area (Å²) in [4.78, 5) is 27.6. The smallest absolute Gasteiger partial charge is 0.243 e. The van der Waals surface area contributed by atoms with E-state index in [1.54, 1.807) is 17.0 Å². The van der Waals surface area contributed by atoms with E-state index in [9.17, 15) is 9.59 Å². The molecule has 0 spiro atoms. The summed E-state index contributed by atoms with van der Waals surface area (Å²) < 4.78 is 5.74. The molecule has 0 heterocycles. The van der Waals surface area contributed by atoms with Crippen LogP contribution in [0.5, 0.6) is 5.75 Å². The molecule has 0 bridgehead atoms. The summed E-state index contributed by atoms with van der Waals surface area (Å²) >= 11 is 5.99. The minimum atomic E-state index is -0.524. The number of aryl methyl sites for hydroxylation is 1. The minimum Gasteiger partial charge on any atom is -0.494 e. The van der Waals surface area contributed by atoms with Gasteiger partial charge in [-0.25, -0.2) is 0 Å². The Hall–Kier alpha value is -2.53. The fraction of sp³-hybridized carbons (Fsp3) is 0.440. The van der Waals surface area contributed by atoms with Crippen molar-refractivity contribution in [1.29, 1.82) is 0 Å². The summed E-state index contributed by atoms with van der Waals surface area (Å²) in [5.74, 6) is 0.600. The molecular weight excluding hydrogens is 412 g/mol. The number of ether oxygens (including phenoxy) is 1. The van der Waals surface area contributed by atoms with E-state index in [4.69, 9.17) is 16.3 Å². The number of benzene rings is 2. The third-order valence-corrected chi connectivity index (χ3v) is 5.16. The molecule has 2 aromatic rings. The Morgan fingerprint density at radius 2 is 1.71 bits per heavy atom. The van der Waals surface area contributed by atoms with Crippen LogP contribution in [-0.4, -0.2) is 35.4 Å². The van der Waals surface area contributed by atoms with Crippen LogP contribution in [0.15, 0.2) is 48.5 Å². The van der Waals surface area contributed by atoms with Crippen molar-refractivity contribution in [3.05, 3.63) is 64.7 Å². The molecule has 0 saturated heterocycles. The van der Waals surface area contributed by atoms with E-state index in [-0.39, 0.29) is 17.9 Å². The number of carbonyl (C=O) groups is 2. The predicted molar refractivity (Wildman–Crippen MR) is 125 cm³/mol. The highest BCUT2D eigenvalue weighted by molar-refractivity contribution is 6.30. The number of halogens is 1. The van der Waals surface area contributed by atoms with Gasteiger partial charge in [0, 0.05) is 24.0 Å². The van der Waals surface area contributed by atoms with E-state index in [2.05, 4.69) is 5.32 Å². The molecule has 2 aromatic carbocycles. The standard InChI is InChI=1S/C25H33ClN2O3/c1-5-23(25(30)27-18(2)3)28(17-20-10-12-21(26)13-11-20)24(29)7-6-16-31-22-14-8-19(4)9-15-22/h8-15,18,23H,5-7,16-17H2,1-4H3,(H,27,30). The second-order valence-electron chi connectivity index (χ2n) is 8.00. The van der Waals surface area contributed by atoms with Gasteiger partial charge in [0.1, 0.15) is 11.8 Å². The van der Waals surface area contributed by atoms with Crippen molar-refractivity contribution in [1.82, 2.24) is 10.2 Å². The van der Waals surface area contributed by atoms with Crippen molar-refractivity contribution in [2.45, 2.75) is 65.6 Å². The topological polar surface area (TPSA) is 58.6 Å². The first kappa shape index (κ1) is 24.7. The van der Waals surface area contributed by atoms with Crippen LogP contribution in [0, 0.1) is 6.92 Å². The first-order valence-electron chi connectivity index (χ1n) is 10.8. The maximum atomic E-state index is 13.1. The summed E-state index contributed by atoms with van der Waals surface area (Å²) in [6, 6.07) is 14.7. The Balaban J connectivity index is 2.04. The predicted octanol–water partition coefficient (Wildman–Crippen LogP) is 5.14. The monoisotopic (exact) mass is 444 g/mol. The van der Waals surface area contributed by atoms with E-state index < -0.39 is 6.04 Å². The van der Waals surface area contributed by atoms with Gasteiger partial charge in [-0.05, 0) is 63.4 Å². The normalized spacial score (nSPS) is 11.8. The number of hydrogen-bond donors (Lipinski definition) is 1. The van der Waals surface area contributed by atoms with Gasteiger partial charge >= 0.3 is 0 Å². The Labute approximate surface area is 190 Å². The fourth-order valence-electron chi connectivity index (χ4n) is 3.28. The zero-order valence-corrected chi connectivity index (χ0v) is 19.6. The van der Waals surface area contributed by atoms with Crippen LogP contribution in [0.2, 0.25) is 5.02 Å². The molecule has 2 amide bonds. The van der Waals surface area contributed by atoms with Crippen LogP contribution in [0.3, 0.4) is 0 Å². The second-order valence-corrected chi connectivity index (χ2v) is 8.44. The van der Waals surface area contributed by atoms with Gasteiger partial charge in [-0.1, -0.05) is 48.4 Å². The van der Waals surface area contributed by atoms with Crippen molar-refractivity contribution in [3.8, 4) is 5.75 Å². The molecule has 1 N–H and O–H groups in total. The van der Waals surface area contributed by atoms with Crippen LogP contribution < -0.4 is 10.1 Å². The molecule has 0 radical (unpaired) electrons. The van der Waals surface area contributed by atoms with E-state index >= 15 is 0 Å². The van der Waals surface area contributed by atoms with Crippen molar-refractivity contribution < 1.29 is 14.3 Å². The largest absolute Gasteiger partial charge is 0.494 e. The number of rotatable bonds is 11. The average molecular weight is 445 g/mol. The summed E-state index contributed by atoms with van der Waals surface area (Å²) in [5, 5.41) is 3.58. The van der Waals surface area contributed by atoms with Gasteiger partial charge in [0.15, 0.2) is 0 Å². The molecule has 2 rings (SSSR count). The molecule has 0 saturated carbocycles. The highest BCUT2D eigenvalue weighted by atomic mass is 35.5. The molecule has 0 fully saturated rings. The zero-order valence-electron chi connectivity index (χ0n) is 18.9. The Bertz CT molecular complexity index is 835. The third-order valence-electron chi connectivity index (χ3n) is 4.91. The molecule has 1 unspecified atom stereocenters. The van der Waals surface area contributed by atoms with Gasteiger partial charge in [0.25, 0.3) is 0 Å². The SMILES string of the molecule is CCC(C(=O)NC(C)C)N(Cc1ccc(Cl)cc1)C(=O)CCCOc1ccc(C)cc1. The Kier molecular flexibility index (Phi) is 9.86. The van der Waals surface area contributed by atoms with Crippen molar-refractivity contribution >= 4 is 23.4 Å². The first-order chi connectivity index (χ1) is 14.8. The molecular formula is C25H33ClN2O3. The maximum absolute atomic E-state index is 13.1. The lowest BCUT2D eigenvalue weighted by atomic mass is 10.1.